The van der Waals surface area contributed by atoms with Crippen molar-refractivity contribution < 1.29 is 9.90 Å². The topological polar surface area (TPSA) is 79.2 Å². The van der Waals surface area contributed by atoms with Gasteiger partial charge in [-0.2, -0.15) is 5.10 Å². The lowest BCUT2D eigenvalue weighted by molar-refractivity contribution is 0.220. The second-order valence-corrected chi connectivity index (χ2v) is 5.31. The minimum atomic E-state index is -0.298. The van der Waals surface area contributed by atoms with Crippen molar-refractivity contribution in [3.63, 3.8) is 0 Å². The molecule has 0 aliphatic rings. The molecule has 2 rings (SSSR count). The lowest BCUT2D eigenvalue weighted by atomic mass is 10.2. The van der Waals surface area contributed by atoms with E-state index in [0.29, 0.717) is 6.54 Å². The van der Waals surface area contributed by atoms with Crippen molar-refractivity contribution >= 4 is 6.03 Å². The number of nitrogens with one attached hydrogen (secondary N) is 2. The molecule has 2 amide bonds. The van der Waals surface area contributed by atoms with Gasteiger partial charge >= 0.3 is 6.03 Å². The molecule has 22 heavy (non-hydrogen) atoms. The maximum atomic E-state index is 11.7. The molecule has 0 fully saturated rings. The highest BCUT2D eigenvalue weighted by molar-refractivity contribution is 5.74. The zero-order valence-corrected chi connectivity index (χ0v) is 13.1. The van der Waals surface area contributed by atoms with Gasteiger partial charge in [-0.05, 0) is 32.9 Å². The van der Waals surface area contributed by atoms with E-state index in [4.69, 9.17) is 5.11 Å². The number of carbonyl (C=O) groups is 1. The molecule has 118 valence electrons. The van der Waals surface area contributed by atoms with Crippen molar-refractivity contribution in [2.45, 2.75) is 33.4 Å². The van der Waals surface area contributed by atoms with Crippen LogP contribution in [0.25, 0.3) is 5.69 Å². The molecular formula is C16H22N4O2. The number of carbonyl (C=O) groups excluding carboxylic acids is 1. The largest absolute Gasteiger partial charge is 0.394 e. The first-order valence-electron chi connectivity index (χ1n) is 7.28. The number of urea groups is 1. The van der Waals surface area contributed by atoms with Crippen molar-refractivity contribution in [2.24, 2.45) is 0 Å². The van der Waals surface area contributed by atoms with Gasteiger partial charge in [0.05, 0.1) is 24.0 Å². The highest BCUT2D eigenvalue weighted by atomic mass is 16.3. The molecular weight excluding hydrogens is 280 g/mol. The summed E-state index contributed by atoms with van der Waals surface area (Å²) in [6, 6.07) is 9.31. The molecule has 0 aliphatic carbocycles. The SMILES string of the molecule is Cc1nn(-c2ccccc2)c(C)c1CNC(=O)NC(C)CO. The van der Waals surface area contributed by atoms with E-state index in [1.165, 1.54) is 0 Å². The molecule has 0 aliphatic heterocycles. The quantitative estimate of drug-likeness (QED) is 0.786. The maximum Gasteiger partial charge on any atom is 0.315 e. The number of aromatic nitrogens is 2. The molecule has 6 nitrogen and oxygen atoms in total. The van der Waals surface area contributed by atoms with Crippen LogP contribution in [0.3, 0.4) is 0 Å². The van der Waals surface area contributed by atoms with Crippen LogP contribution in [-0.4, -0.2) is 33.6 Å². The minimum Gasteiger partial charge on any atom is -0.394 e. The van der Waals surface area contributed by atoms with E-state index < -0.39 is 0 Å². The third-order valence-corrected chi connectivity index (χ3v) is 3.52. The summed E-state index contributed by atoms with van der Waals surface area (Å²) >= 11 is 0. The van der Waals surface area contributed by atoms with Crippen molar-refractivity contribution in [3.05, 3.63) is 47.3 Å². The Balaban J connectivity index is 2.10. The van der Waals surface area contributed by atoms with E-state index in [-0.39, 0.29) is 18.7 Å². The standard InChI is InChI=1S/C16H22N4O2/c1-11(10-21)18-16(22)17-9-15-12(2)19-20(13(15)3)14-7-5-4-6-8-14/h4-8,11,21H,9-10H2,1-3H3,(H2,17,18,22). The Morgan fingerprint density at radius 3 is 2.64 bits per heavy atom. The van der Waals surface area contributed by atoms with Gasteiger partial charge in [0.1, 0.15) is 0 Å². The Bertz CT molecular complexity index is 637. The highest BCUT2D eigenvalue weighted by Gasteiger charge is 2.14. The molecule has 1 aromatic heterocycles. The van der Waals surface area contributed by atoms with Gasteiger partial charge in [0, 0.05) is 17.8 Å². The monoisotopic (exact) mass is 302 g/mol. The first kappa shape index (κ1) is 16.0. The minimum absolute atomic E-state index is 0.0859. The first-order chi connectivity index (χ1) is 10.5. The van der Waals surface area contributed by atoms with Crippen LogP contribution in [0.1, 0.15) is 23.9 Å². The number of hydrogen-bond donors (Lipinski definition) is 3. The molecule has 1 unspecified atom stereocenters. The Kier molecular flexibility index (Phi) is 5.16. The van der Waals surface area contributed by atoms with Gasteiger partial charge in [-0.1, -0.05) is 18.2 Å². The third-order valence-electron chi connectivity index (χ3n) is 3.52. The lowest BCUT2D eigenvalue weighted by Crippen LogP contribution is -2.42. The Labute approximate surface area is 130 Å². The molecule has 6 heteroatoms. The van der Waals surface area contributed by atoms with E-state index in [9.17, 15) is 4.79 Å². The average Bonchev–Trinajstić information content (AvgIpc) is 2.80. The van der Waals surface area contributed by atoms with Crippen LogP contribution >= 0.6 is 0 Å². The summed E-state index contributed by atoms with van der Waals surface area (Å²) in [6.45, 7) is 5.96. The smallest absolute Gasteiger partial charge is 0.315 e. The number of hydrogen-bond acceptors (Lipinski definition) is 3. The Morgan fingerprint density at radius 2 is 2.00 bits per heavy atom. The van der Waals surface area contributed by atoms with Gasteiger partial charge in [-0.25, -0.2) is 9.48 Å². The normalized spacial score (nSPS) is 12.0. The molecule has 1 aromatic carbocycles. The fraction of sp³-hybridized carbons (Fsp3) is 0.375. The predicted octanol–water partition coefficient (Wildman–Crippen LogP) is 1.67. The van der Waals surface area contributed by atoms with Crippen LogP contribution in [0.4, 0.5) is 4.79 Å². The van der Waals surface area contributed by atoms with Crippen LogP contribution in [0, 0.1) is 13.8 Å². The van der Waals surface area contributed by atoms with Crippen LogP contribution in [0.15, 0.2) is 30.3 Å². The van der Waals surface area contributed by atoms with Crippen molar-refractivity contribution in [1.82, 2.24) is 20.4 Å². The predicted molar refractivity (Wildman–Crippen MR) is 85.0 cm³/mol. The number of nitrogens with zero attached hydrogens (tertiary/aromatic N) is 2. The van der Waals surface area contributed by atoms with Crippen molar-refractivity contribution in [3.8, 4) is 5.69 Å². The molecule has 0 spiro atoms. The zero-order chi connectivity index (χ0) is 16.1. The third kappa shape index (κ3) is 3.65. The van der Waals surface area contributed by atoms with Gasteiger partial charge in [-0.3, -0.25) is 0 Å². The van der Waals surface area contributed by atoms with Gasteiger partial charge in [0.2, 0.25) is 0 Å². The van der Waals surface area contributed by atoms with Gasteiger partial charge in [0.25, 0.3) is 0 Å². The summed E-state index contributed by atoms with van der Waals surface area (Å²) in [4.78, 5) is 11.7. The fourth-order valence-electron chi connectivity index (χ4n) is 2.24. The molecule has 0 saturated heterocycles. The number of para-hydroxylation sites is 1. The summed E-state index contributed by atoms with van der Waals surface area (Å²) < 4.78 is 1.88. The van der Waals surface area contributed by atoms with E-state index >= 15 is 0 Å². The molecule has 3 N–H and O–H groups in total. The highest BCUT2D eigenvalue weighted by Crippen LogP contribution is 2.17. The van der Waals surface area contributed by atoms with Crippen LogP contribution < -0.4 is 10.6 Å². The van der Waals surface area contributed by atoms with Gasteiger partial charge in [-0.15, -0.1) is 0 Å². The first-order valence-corrected chi connectivity index (χ1v) is 7.28. The van der Waals surface area contributed by atoms with E-state index in [0.717, 1.165) is 22.6 Å². The van der Waals surface area contributed by atoms with E-state index in [1.807, 2.05) is 48.9 Å². The molecule has 0 saturated carbocycles. The number of amides is 2. The number of benzene rings is 1. The number of aryl methyl sites for hydroxylation is 1. The summed E-state index contributed by atoms with van der Waals surface area (Å²) in [7, 11) is 0. The fourth-order valence-corrected chi connectivity index (χ4v) is 2.24. The summed E-state index contributed by atoms with van der Waals surface area (Å²) in [5.41, 5.74) is 3.87. The summed E-state index contributed by atoms with van der Waals surface area (Å²) in [5, 5.41) is 18.9. The van der Waals surface area contributed by atoms with Crippen LogP contribution in [0.2, 0.25) is 0 Å². The average molecular weight is 302 g/mol. The zero-order valence-electron chi connectivity index (χ0n) is 13.1. The van der Waals surface area contributed by atoms with Crippen molar-refractivity contribution in [2.75, 3.05) is 6.61 Å². The van der Waals surface area contributed by atoms with E-state index in [2.05, 4.69) is 15.7 Å². The lowest BCUT2D eigenvalue weighted by Gasteiger charge is -2.12. The maximum absolute atomic E-state index is 11.7. The molecule has 0 radical (unpaired) electrons. The van der Waals surface area contributed by atoms with Crippen LogP contribution in [-0.2, 0) is 6.54 Å². The van der Waals surface area contributed by atoms with Gasteiger partial charge in [0.15, 0.2) is 0 Å². The second kappa shape index (κ2) is 7.09. The Morgan fingerprint density at radius 1 is 1.32 bits per heavy atom. The Hall–Kier alpha value is -2.34. The summed E-state index contributed by atoms with van der Waals surface area (Å²) in [6.07, 6.45) is 0. The molecule has 1 heterocycles. The number of aliphatic hydroxyl groups is 1. The van der Waals surface area contributed by atoms with Gasteiger partial charge < -0.3 is 15.7 Å². The molecule has 1 atom stereocenters. The van der Waals surface area contributed by atoms with Crippen LogP contribution in [0.5, 0.6) is 0 Å². The van der Waals surface area contributed by atoms with Crippen molar-refractivity contribution in [1.29, 1.82) is 0 Å². The molecule has 2 aromatic rings. The second-order valence-electron chi connectivity index (χ2n) is 5.31. The number of aliphatic hydroxyl groups excluding tert-OH is 1. The van der Waals surface area contributed by atoms with E-state index in [1.54, 1.807) is 6.92 Å². The molecule has 0 bridgehead atoms. The summed E-state index contributed by atoms with van der Waals surface area (Å²) in [5.74, 6) is 0. The number of rotatable bonds is 5.